The van der Waals surface area contributed by atoms with Gasteiger partial charge in [0, 0.05) is 18.1 Å². The van der Waals surface area contributed by atoms with Gasteiger partial charge in [0.25, 0.3) is 0 Å². The first-order valence-electron chi connectivity index (χ1n) is 6.55. The molecule has 2 rings (SSSR count). The normalized spacial score (nSPS) is 16.7. The molecule has 1 fully saturated rings. The van der Waals surface area contributed by atoms with Crippen molar-refractivity contribution < 1.29 is 0 Å². The van der Waals surface area contributed by atoms with Crippen molar-refractivity contribution in [2.24, 2.45) is 10.7 Å². The predicted octanol–water partition coefficient (Wildman–Crippen LogP) is 3.65. The number of benzene rings is 1. The molecule has 1 heterocycles. The Hall–Kier alpha value is -0.490. The third kappa shape index (κ3) is 5.18. The minimum Gasteiger partial charge on any atom is -0.370 e. The maximum absolute atomic E-state index is 6.10. The van der Waals surface area contributed by atoms with Crippen molar-refractivity contribution in [3.63, 3.8) is 0 Å². The molecular weight excluding hydrogens is 373 g/mol. The van der Waals surface area contributed by atoms with Crippen molar-refractivity contribution >= 4 is 41.5 Å². The van der Waals surface area contributed by atoms with E-state index in [0.717, 1.165) is 23.7 Å². The molecule has 0 aromatic heterocycles. The number of hydrogen-bond donors (Lipinski definition) is 1. The smallest absolute Gasteiger partial charge is 0.191 e. The second-order valence-corrected chi connectivity index (χ2v) is 5.07. The molecule has 0 unspecified atom stereocenters. The molecule has 1 aromatic carbocycles. The Morgan fingerprint density at radius 3 is 2.42 bits per heavy atom. The van der Waals surface area contributed by atoms with Gasteiger partial charge in [0.1, 0.15) is 0 Å². The summed E-state index contributed by atoms with van der Waals surface area (Å²) in [6.07, 6.45) is 5.02. The minimum absolute atomic E-state index is 0. The summed E-state index contributed by atoms with van der Waals surface area (Å²) in [6, 6.07) is 7.77. The van der Waals surface area contributed by atoms with E-state index in [1.807, 2.05) is 24.3 Å². The summed E-state index contributed by atoms with van der Waals surface area (Å²) in [5, 5.41) is 0.755. The molecule has 0 amide bonds. The van der Waals surface area contributed by atoms with Crippen molar-refractivity contribution in [2.75, 3.05) is 13.1 Å². The third-order valence-corrected chi connectivity index (χ3v) is 3.67. The van der Waals surface area contributed by atoms with Crippen molar-refractivity contribution in [2.45, 2.75) is 32.2 Å². The van der Waals surface area contributed by atoms with Gasteiger partial charge in [-0.1, -0.05) is 42.6 Å². The highest BCUT2D eigenvalue weighted by atomic mass is 127. The van der Waals surface area contributed by atoms with Gasteiger partial charge < -0.3 is 10.6 Å². The molecule has 1 saturated heterocycles. The lowest BCUT2D eigenvalue weighted by atomic mass is 10.2. The lowest BCUT2D eigenvalue weighted by Crippen LogP contribution is -2.38. The van der Waals surface area contributed by atoms with E-state index in [1.54, 1.807) is 0 Å². The fraction of sp³-hybridized carbons (Fsp3) is 0.500. The number of likely N-dealkylation sites (tertiary alicyclic amines) is 1. The molecule has 0 spiro atoms. The Balaban J connectivity index is 0.00000180. The summed E-state index contributed by atoms with van der Waals surface area (Å²) >= 11 is 6.10. The fourth-order valence-corrected chi connectivity index (χ4v) is 2.39. The molecule has 19 heavy (non-hydrogen) atoms. The molecular formula is C14H21ClIN3. The van der Waals surface area contributed by atoms with E-state index >= 15 is 0 Å². The lowest BCUT2D eigenvalue weighted by molar-refractivity contribution is 0.428. The molecule has 2 N–H and O–H groups in total. The Bertz CT molecular complexity index is 415. The Morgan fingerprint density at radius 2 is 1.79 bits per heavy atom. The van der Waals surface area contributed by atoms with Crippen molar-refractivity contribution in [3.05, 3.63) is 34.9 Å². The highest BCUT2D eigenvalue weighted by Gasteiger charge is 2.10. The van der Waals surface area contributed by atoms with Crippen LogP contribution in [0, 0.1) is 0 Å². The Labute approximate surface area is 137 Å². The summed E-state index contributed by atoms with van der Waals surface area (Å²) in [4.78, 5) is 6.64. The fourth-order valence-electron chi connectivity index (χ4n) is 2.19. The van der Waals surface area contributed by atoms with Gasteiger partial charge in [-0.25, -0.2) is 4.99 Å². The van der Waals surface area contributed by atoms with Crippen LogP contribution in [0.3, 0.4) is 0 Å². The quantitative estimate of drug-likeness (QED) is 0.473. The van der Waals surface area contributed by atoms with E-state index in [0.29, 0.717) is 12.5 Å². The topological polar surface area (TPSA) is 41.6 Å². The summed E-state index contributed by atoms with van der Waals surface area (Å²) in [6.45, 7) is 2.61. The molecule has 0 atom stereocenters. The highest BCUT2D eigenvalue weighted by molar-refractivity contribution is 14.0. The first kappa shape index (κ1) is 16.6. The second-order valence-electron chi connectivity index (χ2n) is 4.67. The van der Waals surface area contributed by atoms with Crippen molar-refractivity contribution in [3.8, 4) is 0 Å². The molecule has 3 nitrogen and oxygen atoms in total. The van der Waals surface area contributed by atoms with Crippen LogP contribution in [0.4, 0.5) is 0 Å². The molecule has 0 radical (unpaired) electrons. The highest BCUT2D eigenvalue weighted by Crippen LogP contribution is 2.16. The molecule has 1 aliphatic heterocycles. The number of nitrogens with zero attached hydrogens (tertiary/aromatic N) is 2. The Morgan fingerprint density at radius 1 is 1.16 bits per heavy atom. The van der Waals surface area contributed by atoms with Crippen LogP contribution >= 0.6 is 35.6 Å². The summed E-state index contributed by atoms with van der Waals surface area (Å²) < 4.78 is 0. The number of halogens is 2. The second kappa shape index (κ2) is 8.64. The maximum atomic E-state index is 6.10. The molecule has 5 heteroatoms. The monoisotopic (exact) mass is 393 g/mol. The first-order chi connectivity index (χ1) is 8.77. The van der Waals surface area contributed by atoms with E-state index in [1.165, 1.54) is 25.7 Å². The van der Waals surface area contributed by atoms with E-state index < -0.39 is 0 Å². The number of aliphatic imine (C=N–C) groups is 1. The van der Waals surface area contributed by atoms with Gasteiger partial charge in [-0.15, -0.1) is 24.0 Å². The number of guanidine groups is 1. The van der Waals surface area contributed by atoms with Crippen LogP contribution in [0.15, 0.2) is 29.3 Å². The summed E-state index contributed by atoms with van der Waals surface area (Å²) in [5.41, 5.74) is 7.07. The molecule has 0 bridgehead atoms. The molecule has 1 aliphatic rings. The predicted molar refractivity (Wildman–Crippen MR) is 92.2 cm³/mol. The van der Waals surface area contributed by atoms with Gasteiger partial charge >= 0.3 is 0 Å². The number of rotatable bonds is 2. The van der Waals surface area contributed by atoms with Crippen molar-refractivity contribution in [1.82, 2.24) is 4.90 Å². The molecule has 1 aromatic rings. The zero-order valence-electron chi connectivity index (χ0n) is 11.0. The SMILES string of the molecule is I.NC(=NCc1ccccc1Cl)N1CCCCCC1. The van der Waals surface area contributed by atoms with Gasteiger partial charge in [-0.2, -0.15) is 0 Å². The van der Waals surface area contributed by atoms with Crippen LogP contribution in [-0.4, -0.2) is 23.9 Å². The molecule has 0 aliphatic carbocycles. The molecule has 106 valence electrons. The van der Waals surface area contributed by atoms with E-state index in [9.17, 15) is 0 Å². The van der Waals surface area contributed by atoms with Crippen molar-refractivity contribution in [1.29, 1.82) is 0 Å². The zero-order valence-corrected chi connectivity index (χ0v) is 14.1. The average molecular weight is 394 g/mol. The van der Waals surface area contributed by atoms with E-state index in [4.69, 9.17) is 17.3 Å². The number of nitrogens with two attached hydrogens (primary N) is 1. The third-order valence-electron chi connectivity index (χ3n) is 3.30. The van der Waals surface area contributed by atoms with Crippen LogP contribution < -0.4 is 5.73 Å². The summed E-state index contributed by atoms with van der Waals surface area (Å²) in [7, 11) is 0. The first-order valence-corrected chi connectivity index (χ1v) is 6.93. The van der Waals surface area contributed by atoms with E-state index in [2.05, 4.69) is 9.89 Å². The maximum Gasteiger partial charge on any atom is 0.191 e. The van der Waals surface area contributed by atoms with Gasteiger partial charge in [0.2, 0.25) is 0 Å². The summed E-state index contributed by atoms with van der Waals surface area (Å²) in [5.74, 6) is 0.650. The zero-order chi connectivity index (χ0) is 12.8. The Kier molecular flexibility index (Phi) is 7.53. The van der Waals surface area contributed by atoms with Gasteiger partial charge in [-0.05, 0) is 24.5 Å². The van der Waals surface area contributed by atoms with Gasteiger partial charge in [0.05, 0.1) is 6.54 Å². The van der Waals surface area contributed by atoms with Crippen LogP contribution in [0.1, 0.15) is 31.2 Å². The van der Waals surface area contributed by atoms with Crippen LogP contribution in [0.5, 0.6) is 0 Å². The standard InChI is InChI=1S/C14H20ClN3.HI/c15-13-8-4-3-7-12(13)11-17-14(16)18-9-5-1-2-6-10-18;/h3-4,7-8H,1-2,5-6,9-11H2,(H2,16,17);1H. The molecule has 0 saturated carbocycles. The van der Waals surface area contributed by atoms with Crippen LogP contribution in [0.25, 0.3) is 0 Å². The largest absolute Gasteiger partial charge is 0.370 e. The lowest BCUT2D eigenvalue weighted by Gasteiger charge is -2.21. The minimum atomic E-state index is 0. The van der Waals surface area contributed by atoms with Gasteiger partial charge in [0.15, 0.2) is 5.96 Å². The van der Waals surface area contributed by atoms with Crippen LogP contribution in [0.2, 0.25) is 5.02 Å². The van der Waals surface area contributed by atoms with E-state index in [-0.39, 0.29) is 24.0 Å². The number of hydrogen-bond acceptors (Lipinski definition) is 1. The van der Waals surface area contributed by atoms with Gasteiger partial charge in [-0.3, -0.25) is 0 Å². The van der Waals surface area contributed by atoms with Crippen LogP contribution in [-0.2, 0) is 6.54 Å². The average Bonchev–Trinajstić information content (AvgIpc) is 2.66.